The van der Waals surface area contributed by atoms with E-state index in [2.05, 4.69) is 10.3 Å². The number of benzene rings is 1. The highest BCUT2D eigenvalue weighted by Crippen LogP contribution is 2.38. The molecule has 1 aromatic carbocycles. The molecule has 0 radical (unpaired) electrons. The maximum absolute atomic E-state index is 14.5. The molecule has 132 valence electrons. The Morgan fingerprint density at radius 1 is 1.20 bits per heavy atom. The minimum atomic E-state index is -1.09. The van der Waals surface area contributed by atoms with Crippen LogP contribution in [0.5, 0.6) is 0 Å². The van der Waals surface area contributed by atoms with Crippen LogP contribution in [-0.4, -0.2) is 33.3 Å². The highest BCUT2D eigenvalue weighted by Gasteiger charge is 2.53. The molecule has 1 aromatic heterocycles. The molecule has 2 heterocycles. The Labute approximate surface area is 145 Å². The van der Waals surface area contributed by atoms with Crippen molar-refractivity contribution in [2.24, 2.45) is 0 Å². The van der Waals surface area contributed by atoms with Gasteiger partial charge in [-0.05, 0) is 58.4 Å². The number of rotatable bonds is 3. The molecule has 25 heavy (non-hydrogen) atoms. The molecule has 2 aromatic rings. The third-order valence-electron chi connectivity index (χ3n) is 4.70. The predicted molar refractivity (Wildman–Crippen MR) is 91.2 cm³/mol. The van der Waals surface area contributed by atoms with Crippen LogP contribution in [0.25, 0.3) is 11.8 Å². The Balaban J connectivity index is 1.81. The smallest absolute Gasteiger partial charge is 0.398 e. The summed E-state index contributed by atoms with van der Waals surface area (Å²) in [5.74, 6) is -0.339. The summed E-state index contributed by atoms with van der Waals surface area (Å²) in [5.41, 5.74) is -0.518. The normalized spacial score (nSPS) is 19.5. The van der Waals surface area contributed by atoms with Gasteiger partial charge in [0.2, 0.25) is 0 Å². The molecule has 0 bridgehead atoms. The van der Waals surface area contributed by atoms with Gasteiger partial charge in [0.1, 0.15) is 17.2 Å². The summed E-state index contributed by atoms with van der Waals surface area (Å²) in [6.07, 6.45) is 2.71. The maximum atomic E-state index is 14.5. The second-order valence-electron chi connectivity index (χ2n) is 7.14. The summed E-state index contributed by atoms with van der Waals surface area (Å²) in [4.78, 5) is 0. The van der Waals surface area contributed by atoms with Gasteiger partial charge >= 0.3 is 7.12 Å². The molecule has 1 aliphatic heterocycles. The second kappa shape index (κ2) is 6.03. The van der Waals surface area contributed by atoms with E-state index in [4.69, 9.17) is 9.31 Å². The van der Waals surface area contributed by atoms with E-state index in [1.165, 1.54) is 23.0 Å². The zero-order valence-corrected chi connectivity index (χ0v) is 14.9. The molecule has 0 unspecified atom stereocenters. The van der Waals surface area contributed by atoms with Crippen molar-refractivity contribution in [3.63, 3.8) is 0 Å². The van der Waals surface area contributed by atoms with E-state index in [1.807, 2.05) is 27.7 Å². The molecule has 5 nitrogen and oxygen atoms in total. The summed E-state index contributed by atoms with van der Waals surface area (Å²) in [7, 11) is -1.09. The van der Waals surface area contributed by atoms with Crippen LogP contribution in [0.1, 0.15) is 39.0 Å². The minimum Gasteiger partial charge on any atom is -0.398 e. The number of nitrogens with zero attached hydrogens (tertiary/aromatic N) is 3. The first-order valence-corrected chi connectivity index (χ1v) is 8.01. The van der Waals surface area contributed by atoms with Gasteiger partial charge in [0.25, 0.3) is 0 Å². The molecule has 1 aliphatic rings. The lowest BCUT2D eigenvalue weighted by Gasteiger charge is -2.32. The summed E-state index contributed by atoms with van der Waals surface area (Å²) < 4.78 is 40.8. The van der Waals surface area contributed by atoms with Crippen molar-refractivity contribution in [3.05, 3.63) is 47.2 Å². The van der Waals surface area contributed by atoms with Crippen molar-refractivity contribution < 1.29 is 18.1 Å². The predicted octanol–water partition coefficient (Wildman–Crippen LogP) is 3.66. The molecular weight excluding hydrogens is 327 g/mol. The van der Waals surface area contributed by atoms with Crippen LogP contribution in [0.4, 0.5) is 8.78 Å². The lowest BCUT2D eigenvalue weighted by Crippen LogP contribution is -2.41. The van der Waals surface area contributed by atoms with Crippen molar-refractivity contribution in [2.45, 2.75) is 45.8 Å². The van der Waals surface area contributed by atoms with E-state index in [1.54, 1.807) is 19.1 Å². The molecule has 1 fully saturated rings. The van der Waals surface area contributed by atoms with E-state index >= 15 is 0 Å². The van der Waals surface area contributed by atoms with E-state index in [0.29, 0.717) is 11.3 Å². The first kappa shape index (κ1) is 17.8. The van der Waals surface area contributed by atoms with Crippen LogP contribution >= 0.6 is 0 Å². The SMILES string of the molecule is Cc1ccc(-n2cc(C=C(F)B3OC(C)(C)C(C)(C)O3)nn2)cc1F. The van der Waals surface area contributed by atoms with Gasteiger partial charge in [-0.25, -0.2) is 13.5 Å². The first-order chi connectivity index (χ1) is 11.6. The third kappa shape index (κ3) is 3.36. The molecule has 8 heteroatoms. The van der Waals surface area contributed by atoms with E-state index in [-0.39, 0.29) is 11.5 Å². The molecule has 0 aliphatic carbocycles. The van der Waals surface area contributed by atoms with Crippen LogP contribution in [-0.2, 0) is 9.31 Å². The number of aryl methyl sites for hydroxylation is 1. The highest BCUT2D eigenvalue weighted by molar-refractivity contribution is 6.54. The zero-order chi connectivity index (χ0) is 18.4. The van der Waals surface area contributed by atoms with Crippen molar-refractivity contribution in [1.29, 1.82) is 0 Å². The van der Waals surface area contributed by atoms with Gasteiger partial charge in [-0.1, -0.05) is 11.3 Å². The fraction of sp³-hybridized carbons (Fsp3) is 0.412. The van der Waals surface area contributed by atoms with Crippen LogP contribution < -0.4 is 0 Å². The number of hydrogen-bond donors (Lipinski definition) is 0. The summed E-state index contributed by atoms with van der Waals surface area (Å²) in [6, 6.07) is 4.71. The van der Waals surface area contributed by atoms with Gasteiger partial charge in [-0.15, -0.1) is 5.10 Å². The average molecular weight is 347 g/mol. The van der Waals surface area contributed by atoms with Crippen molar-refractivity contribution in [3.8, 4) is 5.69 Å². The van der Waals surface area contributed by atoms with Gasteiger partial charge in [0.05, 0.1) is 23.1 Å². The van der Waals surface area contributed by atoms with Crippen molar-refractivity contribution in [1.82, 2.24) is 15.0 Å². The Kier molecular flexibility index (Phi) is 4.29. The molecule has 0 amide bonds. The fourth-order valence-electron chi connectivity index (χ4n) is 2.36. The Bertz CT molecular complexity index is 817. The highest BCUT2D eigenvalue weighted by atomic mass is 19.1. The fourth-order valence-corrected chi connectivity index (χ4v) is 2.36. The van der Waals surface area contributed by atoms with E-state index in [9.17, 15) is 8.78 Å². The van der Waals surface area contributed by atoms with Crippen LogP contribution in [0, 0.1) is 12.7 Å². The Morgan fingerprint density at radius 2 is 1.84 bits per heavy atom. The summed E-state index contributed by atoms with van der Waals surface area (Å²) in [5, 5.41) is 7.79. The van der Waals surface area contributed by atoms with Gasteiger partial charge in [0, 0.05) is 0 Å². The molecule has 1 saturated heterocycles. The lowest BCUT2D eigenvalue weighted by atomic mass is 9.87. The molecule has 0 N–H and O–H groups in total. The van der Waals surface area contributed by atoms with Gasteiger partial charge in [-0.3, -0.25) is 0 Å². The Morgan fingerprint density at radius 3 is 2.44 bits per heavy atom. The van der Waals surface area contributed by atoms with Crippen molar-refractivity contribution >= 4 is 13.2 Å². The van der Waals surface area contributed by atoms with Crippen molar-refractivity contribution in [2.75, 3.05) is 0 Å². The standard InChI is InChI=1S/C17H20BF2N3O2/c1-11-6-7-13(9-14(11)19)23-10-12(21-22-23)8-15(20)18-24-16(2,3)17(4,5)25-18/h6-10H,1-5H3. The molecule has 0 spiro atoms. The van der Waals surface area contributed by atoms with E-state index < -0.39 is 24.0 Å². The molecule has 3 rings (SSSR count). The monoisotopic (exact) mass is 347 g/mol. The average Bonchev–Trinajstić information content (AvgIpc) is 3.05. The maximum Gasteiger partial charge on any atom is 0.525 e. The van der Waals surface area contributed by atoms with Gasteiger partial charge < -0.3 is 9.31 Å². The lowest BCUT2D eigenvalue weighted by molar-refractivity contribution is 0.00578. The van der Waals surface area contributed by atoms with Gasteiger partial charge in [0.15, 0.2) is 0 Å². The molecule has 0 atom stereocenters. The zero-order valence-electron chi connectivity index (χ0n) is 14.9. The number of hydrogen-bond acceptors (Lipinski definition) is 4. The quantitative estimate of drug-likeness (QED) is 0.796. The summed E-state index contributed by atoms with van der Waals surface area (Å²) in [6.45, 7) is 9.07. The van der Waals surface area contributed by atoms with Crippen LogP contribution in [0.3, 0.4) is 0 Å². The third-order valence-corrected chi connectivity index (χ3v) is 4.70. The second-order valence-corrected chi connectivity index (χ2v) is 7.14. The van der Waals surface area contributed by atoms with Crippen LogP contribution in [0.2, 0.25) is 0 Å². The summed E-state index contributed by atoms with van der Waals surface area (Å²) >= 11 is 0. The van der Waals surface area contributed by atoms with Gasteiger partial charge in [-0.2, -0.15) is 0 Å². The topological polar surface area (TPSA) is 49.2 Å². The Hall–Kier alpha value is -2.06. The molecule has 0 saturated carbocycles. The van der Waals surface area contributed by atoms with E-state index in [0.717, 1.165) is 0 Å². The minimum absolute atomic E-state index is 0.285. The van der Waals surface area contributed by atoms with Crippen LogP contribution in [0.15, 0.2) is 30.1 Å². The molecular formula is C17H20BF2N3O2. The first-order valence-electron chi connectivity index (χ1n) is 8.01. The largest absolute Gasteiger partial charge is 0.525 e. The number of aromatic nitrogens is 3. The number of halogens is 2.